The van der Waals surface area contributed by atoms with Gasteiger partial charge >= 0.3 is 7.60 Å². The van der Waals surface area contributed by atoms with Gasteiger partial charge in [0, 0.05) is 5.54 Å². The second-order valence-electron chi connectivity index (χ2n) is 7.04. The number of nitriles is 1. The van der Waals surface area contributed by atoms with Gasteiger partial charge in [-0.25, -0.2) is 0 Å². The molecule has 0 amide bonds. The zero-order valence-electron chi connectivity index (χ0n) is 15.2. The molecule has 1 atom stereocenters. The van der Waals surface area contributed by atoms with E-state index in [1.807, 2.05) is 47.6 Å². The second kappa shape index (κ2) is 8.42. The molecule has 0 aromatic heterocycles. The highest BCUT2D eigenvalue weighted by Crippen LogP contribution is 2.60. The molecule has 0 spiro atoms. The minimum absolute atomic E-state index is 0.123. The molecule has 6 nitrogen and oxygen atoms in total. The highest BCUT2D eigenvalue weighted by atomic mass is 31.2. The van der Waals surface area contributed by atoms with Crippen LogP contribution < -0.4 is 0 Å². The predicted molar refractivity (Wildman–Crippen MR) is 87.3 cm³/mol. The Labute approximate surface area is 135 Å². The number of hydroxylamine groups is 2. The van der Waals surface area contributed by atoms with E-state index in [2.05, 4.69) is 0 Å². The standard InChI is InChI=1S/C15H31N2O4P/c1-9-20-22(18,21-10-2)13(14(3,4)5)17(15(6,7)8)19-12-11-16/h13H,9-10,12H2,1-8H3. The Morgan fingerprint density at radius 3 is 1.82 bits per heavy atom. The zero-order valence-corrected chi connectivity index (χ0v) is 16.1. The number of nitrogens with zero attached hydrogens (tertiary/aromatic N) is 2. The first kappa shape index (κ1) is 21.6. The molecule has 0 rings (SSSR count). The fourth-order valence-corrected chi connectivity index (χ4v) is 4.92. The van der Waals surface area contributed by atoms with Gasteiger partial charge in [0.25, 0.3) is 0 Å². The van der Waals surface area contributed by atoms with Gasteiger partial charge in [-0.3, -0.25) is 9.40 Å². The summed E-state index contributed by atoms with van der Waals surface area (Å²) in [6, 6.07) is 1.96. The van der Waals surface area contributed by atoms with Gasteiger partial charge in [-0.05, 0) is 40.0 Å². The van der Waals surface area contributed by atoms with Gasteiger partial charge in [-0.1, -0.05) is 20.8 Å². The summed E-state index contributed by atoms with van der Waals surface area (Å²) in [5, 5.41) is 10.4. The maximum Gasteiger partial charge on any atom is 0.350 e. The maximum atomic E-state index is 13.4. The number of hydrogen-bond acceptors (Lipinski definition) is 6. The van der Waals surface area contributed by atoms with Crippen LogP contribution in [0, 0.1) is 16.7 Å². The lowest BCUT2D eigenvalue weighted by Crippen LogP contribution is -2.53. The Balaban J connectivity index is 5.95. The molecule has 0 aromatic rings. The van der Waals surface area contributed by atoms with Crippen molar-refractivity contribution in [2.24, 2.45) is 5.41 Å². The molecule has 0 aliphatic rings. The van der Waals surface area contributed by atoms with Crippen LogP contribution in [-0.4, -0.2) is 36.2 Å². The quantitative estimate of drug-likeness (QED) is 0.490. The van der Waals surface area contributed by atoms with Crippen LogP contribution in [0.15, 0.2) is 0 Å². The van der Waals surface area contributed by atoms with Gasteiger partial charge in [0.2, 0.25) is 0 Å². The van der Waals surface area contributed by atoms with Crippen molar-refractivity contribution in [3.05, 3.63) is 0 Å². The lowest BCUT2D eigenvalue weighted by atomic mass is 9.94. The molecule has 0 aliphatic carbocycles. The van der Waals surface area contributed by atoms with E-state index in [0.717, 1.165) is 0 Å². The van der Waals surface area contributed by atoms with Gasteiger partial charge in [0.1, 0.15) is 5.78 Å². The van der Waals surface area contributed by atoms with Gasteiger partial charge < -0.3 is 9.05 Å². The average Bonchev–Trinajstić information content (AvgIpc) is 2.31. The Bertz CT molecular complexity index is 411. The van der Waals surface area contributed by atoms with Gasteiger partial charge in [0.15, 0.2) is 6.61 Å². The zero-order chi connectivity index (χ0) is 17.6. The second-order valence-corrected chi connectivity index (χ2v) is 9.13. The third-order valence-corrected chi connectivity index (χ3v) is 5.66. The molecular weight excluding hydrogens is 303 g/mol. The Morgan fingerprint density at radius 2 is 1.55 bits per heavy atom. The highest BCUT2D eigenvalue weighted by Gasteiger charge is 2.51. The molecule has 0 fully saturated rings. The summed E-state index contributed by atoms with van der Waals surface area (Å²) < 4.78 is 24.4. The van der Waals surface area contributed by atoms with Crippen molar-refractivity contribution in [3.63, 3.8) is 0 Å². The van der Waals surface area contributed by atoms with Crippen molar-refractivity contribution in [1.82, 2.24) is 5.06 Å². The summed E-state index contributed by atoms with van der Waals surface area (Å²) in [5.74, 6) is -0.631. The molecule has 0 saturated carbocycles. The van der Waals surface area contributed by atoms with Gasteiger partial charge in [-0.15, -0.1) is 0 Å². The minimum Gasteiger partial charge on any atom is -0.308 e. The molecule has 0 heterocycles. The van der Waals surface area contributed by atoms with E-state index in [1.165, 1.54) is 0 Å². The topological polar surface area (TPSA) is 71.8 Å². The molecule has 130 valence electrons. The van der Waals surface area contributed by atoms with Crippen molar-refractivity contribution in [2.75, 3.05) is 19.8 Å². The average molecular weight is 334 g/mol. The number of hydrogen-bond donors (Lipinski definition) is 0. The van der Waals surface area contributed by atoms with E-state index in [0.29, 0.717) is 0 Å². The van der Waals surface area contributed by atoms with Crippen molar-refractivity contribution in [3.8, 4) is 6.07 Å². The third-order valence-electron chi connectivity index (χ3n) is 2.84. The molecule has 0 N–H and O–H groups in total. The monoisotopic (exact) mass is 334 g/mol. The Kier molecular flexibility index (Phi) is 8.25. The summed E-state index contributed by atoms with van der Waals surface area (Å²) >= 11 is 0. The van der Waals surface area contributed by atoms with Gasteiger partial charge in [-0.2, -0.15) is 10.3 Å². The van der Waals surface area contributed by atoms with Crippen LogP contribution in [0.25, 0.3) is 0 Å². The highest BCUT2D eigenvalue weighted by molar-refractivity contribution is 7.54. The van der Waals surface area contributed by atoms with Crippen molar-refractivity contribution in [1.29, 1.82) is 5.26 Å². The van der Waals surface area contributed by atoms with Crippen molar-refractivity contribution in [2.45, 2.75) is 66.7 Å². The van der Waals surface area contributed by atoms with E-state index in [9.17, 15) is 4.57 Å². The molecule has 7 heteroatoms. The molecule has 0 aromatic carbocycles. The van der Waals surface area contributed by atoms with E-state index in [-0.39, 0.29) is 19.8 Å². The van der Waals surface area contributed by atoms with E-state index >= 15 is 0 Å². The summed E-state index contributed by atoms with van der Waals surface area (Å²) in [4.78, 5) is 5.62. The fraction of sp³-hybridized carbons (Fsp3) is 0.933. The van der Waals surface area contributed by atoms with Crippen LogP contribution in [0.5, 0.6) is 0 Å². The minimum atomic E-state index is -3.45. The predicted octanol–water partition coefficient (Wildman–Crippen LogP) is 4.18. The first-order chi connectivity index (χ1) is 9.94. The number of rotatable bonds is 8. The van der Waals surface area contributed by atoms with Crippen molar-refractivity contribution < 1.29 is 18.5 Å². The summed E-state index contributed by atoms with van der Waals surface area (Å²) in [6.07, 6.45) is 0. The SMILES string of the molecule is CCOP(=O)(OCC)C(N(OCC#N)C(C)(C)C)C(C)(C)C. The third kappa shape index (κ3) is 5.98. The van der Waals surface area contributed by atoms with Crippen LogP contribution in [0.2, 0.25) is 0 Å². The maximum absolute atomic E-state index is 13.4. The first-order valence-corrected chi connectivity index (χ1v) is 9.23. The molecule has 0 saturated heterocycles. The smallest absolute Gasteiger partial charge is 0.308 e. The van der Waals surface area contributed by atoms with Crippen LogP contribution >= 0.6 is 7.60 Å². The lowest BCUT2D eigenvalue weighted by Gasteiger charge is -2.47. The van der Waals surface area contributed by atoms with Crippen LogP contribution in [0.3, 0.4) is 0 Å². The summed E-state index contributed by atoms with van der Waals surface area (Å²) in [5.41, 5.74) is -0.915. The molecular formula is C15H31N2O4P. The van der Waals surface area contributed by atoms with Crippen LogP contribution in [0.1, 0.15) is 55.4 Å². The molecule has 0 aliphatic heterocycles. The lowest BCUT2D eigenvalue weighted by molar-refractivity contribution is -0.228. The van der Waals surface area contributed by atoms with E-state index in [4.69, 9.17) is 19.1 Å². The molecule has 0 radical (unpaired) electrons. The Hall–Kier alpha value is -0.440. The largest absolute Gasteiger partial charge is 0.350 e. The molecule has 1 unspecified atom stereocenters. The van der Waals surface area contributed by atoms with Gasteiger partial charge in [0.05, 0.1) is 19.3 Å². The molecule has 22 heavy (non-hydrogen) atoms. The van der Waals surface area contributed by atoms with Crippen molar-refractivity contribution >= 4 is 7.60 Å². The van der Waals surface area contributed by atoms with E-state index in [1.54, 1.807) is 18.9 Å². The summed E-state index contributed by atoms with van der Waals surface area (Å²) in [6.45, 7) is 15.7. The van der Waals surface area contributed by atoms with Crippen LogP contribution in [0.4, 0.5) is 0 Å². The summed E-state index contributed by atoms with van der Waals surface area (Å²) in [7, 11) is -3.45. The first-order valence-electron chi connectivity index (χ1n) is 7.62. The van der Waals surface area contributed by atoms with E-state index < -0.39 is 24.3 Å². The van der Waals surface area contributed by atoms with Crippen LogP contribution in [-0.2, 0) is 18.5 Å². The molecule has 0 bridgehead atoms. The fourth-order valence-electron chi connectivity index (χ4n) is 2.22. The Morgan fingerprint density at radius 1 is 1.09 bits per heavy atom. The normalized spacial score (nSPS) is 14.9.